The first-order valence-corrected chi connectivity index (χ1v) is 6.67. The van der Waals surface area contributed by atoms with Gasteiger partial charge in [-0.3, -0.25) is 0 Å². The van der Waals surface area contributed by atoms with E-state index in [4.69, 9.17) is 11.6 Å². The van der Waals surface area contributed by atoms with Crippen molar-refractivity contribution in [2.75, 3.05) is 18.9 Å². The zero-order valence-corrected chi connectivity index (χ0v) is 11.6. The quantitative estimate of drug-likeness (QED) is 0.866. The van der Waals surface area contributed by atoms with E-state index in [9.17, 15) is 0 Å². The minimum atomic E-state index is 0.542. The molecule has 0 amide bonds. The minimum absolute atomic E-state index is 0.542. The van der Waals surface area contributed by atoms with Crippen molar-refractivity contribution in [3.05, 3.63) is 28.8 Å². The topological polar surface area (TPSA) is 15.3 Å². The molecule has 1 aromatic rings. The lowest BCUT2D eigenvalue weighted by Gasteiger charge is -2.36. The highest BCUT2D eigenvalue weighted by molar-refractivity contribution is 6.33. The Hall–Kier alpha value is -0.730. The molecule has 0 radical (unpaired) electrons. The van der Waals surface area contributed by atoms with Crippen molar-refractivity contribution >= 4 is 17.3 Å². The lowest BCUT2D eigenvalue weighted by atomic mass is 9.98. The van der Waals surface area contributed by atoms with Crippen LogP contribution in [0.2, 0.25) is 5.02 Å². The van der Waals surface area contributed by atoms with Gasteiger partial charge in [-0.15, -0.1) is 0 Å². The summed E-state index contributed by atoms with van der Waals surface area (Å²) in [6.07, 6.45) is 2.37. The fraction of sp³-hybridized carbons (Fsp3) is 0.571. The Morgan fingerprint density at radius 3 is 2.88 bits per heavy atom. The molecular formula is C14H21ClN2. The standard InChI is InChI=1S/C14H21ClN2/c1-10-4-5-13(15)14(8-10)16-12-6-7-17(3)11(2)9-12/h4-5,8,11-12,16H,6-7,9H2,1-3H3. The number of nitrogens with zero attached hydrogens (tertiary/aromatic N) is 1. The molecule has 1 heterocycles. The van der Waals surface area contributed by atoms with E-state index in [1.54, 1.807) is 0 Å². The number of halogens is 1. The van der Waals surface area contributed by atoms with E-state index in [-0.39, 0.29) is 0 Å². The molecule has 2 atom stereocenters. The van der Waals surface area contributed by atoms with Crippen molar-refractivity contribution in [2.45, 2.75) is 38.8 Å². The van der Waals surface area contributed by atoms with E-state index in [0.717, 1.165) is 17.3 Å². The van der Waals surface area contributed by atoms with Crippen LogP contribution in [0.3, 0.4) is 0 Å². The van der Waals surface area contributed by atoms with Gasteiger partial charge in [0.05, 0.1) is 10.7 Å². The molecule has 0 bridgehead atoms. The van der Waals surface area contributed by atoms with Gasteiger partial charge in [-0.2, -0.15) is 0 Å². The number of nitrogens with one attached hydrogen (secondary N) is 1. The Morgan fingerprint density at radius 2 is 2.18 bits per heavy atom. The Labute approximate surface area is 109 Å². The van der Waals surface area contributed by atoms with E-state index in [2.05, 4.69) is 37.2 Å². The maximum Gasteiger partial charge on any atom is 0.0637 e. The third-order valence-electron chi connectivity index (χ3n) is 3.69. The van der Waals surface area contributed by atoms with Gasteiger partial charge in [-0.25, -0.2) is 0 Å². The van der Waals surface area contributed by atoms with Gasteiger partial charge in [-0.1, -0.05) is 17.7 Å². The Balaban J connectivity index is 2.03. The summed E-state index contributed by atoms with van der Waals surface area (Å²) in [5.41, 5.74) is 2.33. The van der Waals surface area contributed by atoms with Crippen LogP contribution in [0.4, 0.5) is 5.69 Å². The summed E-state index contributed by atoms with van der Waals surface area (Å²) in [4.78, 5) is 2.41. The van der Waals surface area contributed by atoms with Crippen LogP contribution in [0.15, 0.2) is 18.2 Å². The average Bonchev–Trinajstić information content (AvgIpc) is 2.29. The average molecular weight is 253 g/mol. The Bertz CT molecular complexity index is 392. The number of hydrogen-bond donors (Lipinski definition) is 1. The number of anilines is 1. The van der Waals surface area contributed by atoms with Crippen molar-refractivity contribution in [1.82, 2.24) is 4.90 Å². The van der Waals surface area contributed by atoms with Crippen LogP contribution in [-0.2, 0) is 0 Å². The van der Waals surface area contributed by atoms with E-state index < -0.39 is 0 Å². The number of rotatable bonds is 2. The van der Waals surface area contributed by atoms with Gasteiger partial charge >= 0.3 is 0 Å². The van der Waals surface area contributed by atoms with E-state index in [1.807, 2.05) is 12.1 Å². The summed E-state index contributed by atoms with van der Waals surface area (Å²) >= 11 is 6.21. The van der Waals surface area contributed by atoms with Crippen molar-refractivity contribution in [2.24, 2.45) is 0 Å². The number of aryl methyl sites for hydroxylation is 1. The van der Waals surface area contributed by atoms with Crippen LogP contribution in [0, 0.1) is 6.92 Å². The molecular weight excluding hydrogens is 232 g/mol. The molecule has 1 saturated heterocycles. The molecule has 94 valence electrons. The lowest BCUT2D eigenvalue weighted by molar-refractivity contribution is 0.190. The second kappa shape index (κ2) is 5.28. The molecule has 2 nitrogen and oxygen atoms in total. The summed E-state index contributed by atoms with van der Waals surface area (Å²) in [7, 11) is 2.19. The minimum Gasteiger partial charge on any atom is -0.381 e. The molecule has 1 aliphatic rings. The largest absolute Gasteiger partial charge is 0.381 e. The number of benzene rings is 1. The predicted molar refractivity (Wildman–Crippen MR) is 74.9 cm³/mol. The van der Waals surface area contributed by atoms with Crippen LogP contribution in [0.25, 0.3) is 0 Å². The first-order valence-electron chi connectivity index (χ1n) is 6.29. The summed E-state index contributed by atoms with van der Waals surface area (Å²) in [6, 6.07) is 7.33. The van der Waals surface area contributed by atoms with Gasteiger partial charge in [0.15, 0.2) is 0 Å². The number of hydrogen-bond acceptors (Lipinski definition) is 2. The third-order valence-corrected chi connectivity index (χ3v) is 4.02. The van der Waals surface area contributed by atoms with Crippen LogP contribution in [0.5, 0.6) is 0 Å². The van der Waals surface area contributed by atoms with Crippen molar-refractivity contribution in [3.8, 4) is 0 Å². The third kappa shape index (κ3) is 3.14. The van der Waals surface area contributed by atoms with Gasteiger partial charge in [0.2, 0.25) is 0 Å². The highest BCUT2D eigenvalue weighted by atomic mass is 35.5. The van der Waals surface area contributed by atoms with Crippen LogP contribution >= 0.6 is 11.6 Å². The van der Waals surface area contributed by atoms with Gasteiger partial charge in [0.1, 0.15) is 0 Å². The van der Waals surface area contributed by atoms with Gasteiger partial charge in [0, 0.05) is 18.6 Å². The molecule has 2 rings (SSSR count). The van der Waals surface area contributed by atoms with Crippen molar-refractivity contribution in [1.29, 1.82) is 0 Å². The summed E-state index contributed by atoms with van der Waals surface area (Å²) in [6.45, 7) is 5.53. The molecule has 0 aliphatic carbocycles. The maximum atomic E-state index is 6.21. The van der Waals surface area contributed by atoms with Crippen LogP contribution in [0.1, 0.15) is 25.3 Å². The zero-order valence-electron chi connectivity index (χ0n) is 10.8. The molecule has 1 N–H and O–H groups in total. The summed E-state index contributed by atoms with van der Waals surface area (Å²) < 4.78 is 0. The Morgan fingerprint density at radius 1 is 1.41 bits per heavy atom. The molecule has 1 aliphatic heterocycles. The normalized spacial score (nSPS) is 25.9. The molecule has 17 heavy (non-hydrogen) atoms. The molecule has 0 saturated carbocycles. The van der Waals surface area contributed by atoms with Crippen molar-refractivity contribution in [3.63, 3.8) is 0 Å². The predicted octanol–water partition coefficient (Wildman–Crippen LogP) is 3.54. The monoisotopic (exact) mass is 252 g/mol. The highest BCUT2D eigenvalue weighted by Crippen LogP contribution is 2.26. The second-order valence-electron chi connectivity index (χ2n) is 5.18. The SMILES string of the molecule is Cc1ccc(Cl)c(NC2CCN(C)C(C)C2)c1. The molecule has 1 aromatic carbocycles. The fourth-order valence-electron chi connectivity index (χ4n) is 2.39. The van der Waals surface area contributed by atoms with E-state index in [0.29, 0.717) is 12.1 Å². The maximum absolute atomic E-state index is 6.21. The fourth-order valence-corrected chi connectivity index (χ4v) is 2.56. The first kappa shape index (κ1) is 12.7. The smallest absolute Gasteiger partial charge is 0.0637 e. The number of likely N-dealkylation sites (tertiary alicyclic amines) is 1. The lowest BCUT2D eigenvalue weighted by Crippen LogP contribution is -2.42. The van der Waals surface area contributed by atoms with E-state index >= 15 is 0 Å². The molecule has 1 fully saturated rings. The van der Waals surface area contributed by atoms with Crippen molar-refractivity contribution < 1.29 is 0 Å². The van der Waals surface area contributed by atoms with Gasteiger partial charge in [-0.05, 0) is 51.4 Å². The van der Waals surface area contributed by atoms with Gasteiger partial charge < -0.3 is 10.2 Å². The zero-order chi connectivity index (χ0) is 12.4. The second-order valence-corrected chi connectivity index (χ2v) is 5.59. The first-order chi connectivity index (χ1) is 8.06. The molecule has 2 unspecified atom stereocenters. The highest BCUT2D eigenvalue weighted by Gasteiger charge is 2.22. The van der Waals surface area contributed by atoms with Gasteiger partial charge in [0.25, 0.3) is 0 Å². The van der Waals surface area contributed by atoms with E-state index in [1.165, 1.54) is 18.4 Å². The Kier molecular flexibility index (Phi) is 3.95. The number of piperidine rings is 1. The molecule has 0 aromatic heterocycles. The van der Waals surface area contributed by atoms with Crippen LogP contribution in [-0.4, -0.2) is 30.6 Å². The molecule has 0 spiro atoms. The molecule has 3 heteroatoms. The summed E-state index contributed by atoms with van der Waals surface area (Å²) in [5.74, 6) is 0. The summed E-state index contributed by atoms with van der Waals surface area (Å²) in [5, 5.41) is 4.40. The van der Waals surface area contributed by atoms with Crippen LogP contribution < -0.4 is 5.32 Å².